The van der Waals surface area contributed by atoms with Crippen LogP contribution in [0.1, 0.15) is 266 Å². The topological polar surface area (TPSA) is 203 Å². The molecule has 642 valence electrons. The number of carbonyl (C=O) groups is 4. The van der Waals surface area contributed by atoms with Gasteiger partial charge in [-0.15, -0.1) is 0 Å². The molecular formula is C97H107F9N12O4. The van der Waals surface area contributed by atoms with Gasteiger partial charge in [-0.05, 0) is 205 Å². The van der Waals surface area contributed by atoms with E-state index in [1.54, 1.807) is 77.7 Å². The summed E-state index contributed by atoms with van der Waals surface area (Å²) in [6, 6.07) is 23.9. The lowest BCUT2D eigenvalue weighted by atomic mass is 9.60. The van der Waals surface area contributed by atoms with Crippen molar-refractivity contribution in [1.29, 1.82) is 15.8 Å². The highest BCUT2D eigenvalue weighted by molar-refractivity contribution is 6.01. The summed E-state index contributed by atoms with van der Waals surface area (Å²) in [5, 5.41) is 27.7. The van der Waals surface area contributed by atoms with Crippen LogP contribution in [-0.2, 0) is 63.7 Å². The number of nitrogens with zero attached hydrogens (tertiary/aromatic N) is 12. The molecule has 0 radical (unpaired) electrons. The summed E-state index contributed by atoms with van der Waals surface area (Å²) in [6.45, 7) is 26.8. The number of hydrogen-bond donors (Lipinski definition) is 0. The second kappa shape index (κ2) is 35.5. The second-order valence-corrected chi connectivity index (χ2v) is 36.5. The third kappa shape index (κ3) is 18.7. The van der Waals surface area contributed by atoms with Crippen LogP contribution in [0, 0.1) is 68.0 Å². The fraction of sp³-hybridized carbons (Fsp3) is 0.485. The average molecular weight is 1680 g/mol. The first kappa shape index (κ1) is 88.9. The van der Waals surface area contributed by atoms with Gasteiger partial charge in [0.15, 0.2) is 17.3 Å². The van der Waals surface area contributed by atoms with Crippen LogP contribution in [0.3, 0.4) is 0 Å². The van der Waals surface area contributed by atoms with E-state index in [2.05, 4.69) is 79.5 Å². The number of alkyl halides is 9. The second-order valence-electron chi connectivity index (χ2n) is 36.5. The van der Waals surface area contributed by atoms with Gasteiger partial charge in [-0.2, -0.15) is 55.3 Å². The number of allylic oxidation sites excluding steroid dienone is 2. The fourth-order valence-electron chi connectivity index (χ4n) is 20.0. The van der Waals surface area contributed by atoms with E-state index in [4.69, 9.17) is 10.5 Å². The van der Waals surface area contributed by atoms with Gasteiger partial charge in [0.25, 0.3) is 0 Å². The number of aromatic nitrogens is 6. The molecule has 122 heavy (non-hydrogen) atoms. The molecule has 6 aromatic heterocycles. The maximum atomic E-state index is 14.8. The Balaban J connectivity index is 0.000000158. The number of Topliss-reactive ketones (excluding diaryl/α,β-unsaturated/α-hetero) is 3. The molecule has 1 unspecified atom stereocenters. The van der Waals surface area contributed by atoms with Gasteiger partial charge >= 0.3 is 18.5 Å². The molecular weight excluding hydrogens is 1570 g/mol. The zero-order valence-corrected chi connectivity index (χ0v) is 71.1. The molecule has 0 bridgehead atoms. The Bertz CT molecular complexity index is 5620. The summed E-state index contributed by atoms with van der Waals surface area (Å²) in [5.74, 6) is -0.152. The molecule has 3 atom stereocenters. The number of ketones is 3. The summed E-state index contributed by atoms with van der Waals surface area (Å²) in [4.78, 5) is 71.4. The minimum atomic E-state index is -4.69. The normalized spacial score (nSPS) is 19.6. The van der Waals surface area contributed by atoms with Crippen LogP contribution in [0.4, 0.5) is 39.5 Å². The van der Waals surface area contributed by atoms with E-state index in [0.717, 1.165) is 70.2 Å². The third-order valence-electron chi connectivity index (χ3n) is 28.1. The maximum absolute atomic E-state index is 14.8. The van der Waals surface area contributed by atoms with Crippen LogP contribution in [0.15, 0.2) is 135 Å². The van der Waals surface area contributed by atoms with Crippen molar-refractivity contribution >= 4 is 56.4 Å². The monoisotopic (exact) mass is 1670 g/mol. The predicted octanol–water partition coefficient (Wildman–Crippen LogP) is 22.0. The highest BCUT2D eigenvalue weighted by atomic mass is 19.4. The van der Waals surface area contributed by atoms with Crippen molar-refractivity contribution in [3.63, 3.8) is 0 Å². The standard InChI is InChI=1S/C36H41F3N4O.C32H37F3N4O.C29H29F3N4O2/c1-23(28-18-34(2)12-5-6-13-35(34,3)19-28)43-14-10-25(11-15-43)29-22-42(4)33-31(29)32(36(37,38)39)27(21-41-33)17-30(44)26-9-7-8-24(16-26)20-40;1-20(2)31(4,5)16-21(3)39-12-10-23(11-13-39)26-19-38(6)30-28(26)29(32(33,34)35)25(18-37-30)15-27(40)24-9-7-8-22(14-24)17-36;1-35-17-23(20-8-10-36(11-9-20)25(38)13-18-4-2-5-18)26-27(29(30,31)32)22(16-34-28(26)35)14-24(37)21-7-3-6-19(12-21)15-33/h7-9,16,21-22,25,28H,1,5-6,10-15,17-19H2,2-4H3;7-9,14,18-20,23H,3,10-13,15-16H2,1-2,4-6H3;3,6-7,12,16-18,20H,2,4-5,8-11,13-14H2,1H3/t28?,34-,35+;;. The molecule has 3 aromatic carbocycles. The number of benzene rings is 3. The minimum Gasteiger partial charge on any atom is -0.375 e. The molecule has 15 rings (SSSR count). The van der Waals surface area contributed by atoms with Crippen LogP contribution in [0.25, 0.3) is 33.1 Å². The number of aryl methyl sites for hydroxylation is 3. The lowest BCUT2D eigenvalue weighted by Gasteiger charge is -2.45. The molecule has 16 nitrogen and oxygen atoms in total. The van der Waals surface area contributed by atoms with Gasteiger partial charge in [0.1, 0.15) is 16.9 Å². The molecule has 0 N–H and O–H groups in total. The van der Waals surface area contributed by atoms with Gasteiger partial charge in [0, 0.05) is 168 Å². The minimum absolute atomic E-state index is 0.0373. The van der Waals surface area contributed by atoms with E-state index < -0.39 is 71.8 Å². The van der Waals surface area contributed by atoms with Crippen LogP contribution in [0.2, 0.25) is 0 Å². The molecule has 9 heterocycles. The van der Waals surface area contributed by atoms with E-state index in [-0.39, 0.29) is 112 Å². The number of pyridine rings is 3. The SMILES string of the molecule is C=C(C1C[C@]2(C)CCCC[C@]2(C)C1)N1CCC(c2cn(C)c3ncc(CC(=O)c4cccc(C#N)c4)c(C(F)(F)F)c23)CC1.C=C(CC(C)(C)C(C)C)N1CCC(c2cn(C)c3ncc(CC(=O)c4cccc(C#N)c4)c(C(F)(F)F)c23)CC1.Cn1cc(C2CCN(C(=O)CC3CCC3)CC2)c2c(C(F)(F)F)c(CC(=O)c3cccc(C#N)c3)cnc21. The van der Waals surface area contributed by atoms with Crippen molar-refractivity contribution < 1.29 is 58.7 Å². The number of rotatable bonds is 20. The zero-order chi connectivity index (χ0) is 87.9. The van der Waals surface area contributed by atoms with E-state index in [0.29, 0.717) is 90.5 Å². The number of piperidine rings is 3. The largest absolute Gasteiger partial charge is 0.417 e. The van der Waals surface area contributed by atoms with E-state index >= 15 is 0 Å². The Morgan fingerprint density at radius 2 is 0.820 bits per heavy atom. The lowest BCUT2D eigenvalue weighted by molar-refractivity contribution is -0.137. The van der Waals surface area contributed by atoms with Gasteiger partial charge in [-0.3, -0.25) is 19.2 Å². The van der Waals surface area contributed by atoms with Crippen LogP contribution in [0.5, 0.6) is 0 Å². The summed E-state index contributed by atoms with van der Waals surface area (Å²) in [7, 11) is 5.12. The Morgan fingerprint density at radius 3 is 1.12 bits per heavy atom. The third-order valence-corrected chi connectivity index (χ3v) is 28.1. The highest BCUT2D eigenvalue weighted by Gasteiger charge is 2.54. The molecule has 9 aromatic rings. The predicted molar refractivity (Wildman–Crippen MR) is 451 cm³/mol. The van der Waals surface area contributed by atoms with Gasteiger partial charge in [-0.25, -0.2) is 15.0 Å². The maximum Gasteiger partial charge on any atom is 0.417 e. The first-order valence-corrected chi connectivity index (χ1v) is 42.6. The quantitative estimate of drug-likeness (QED) is 0.0517. The first-order valence-electron chi connectivity index (χ1n) is 42.6. The van der Waals surface area contributed by atoms with Gasteiger partial charge in [-0.1, -0.05) is 110 Å². The average Bonchev–Trinajstić information content (AvgIpc) is 1.58. The van der Waals surface area contributed by atoms with E-state index in [9.17, 15) is 64.0 Å². The van der Waals surface area contributed by atoms with Crippen molar-refractivity contribution in [2.75, 3.05) is 39.3 Å². The Kier molecular flexibility index (Phi) is 25.9. The molecule has 3 saturated heterocycles. The van der Waals surface area contributed by atoms with Crippen LogP contribution < -0.4 is 0 Å². The van der Waals surface area contributed by atoms with Gasteiger partial charge in [0.05, 0.1) is 51.6 Å². The summed E-state index contributed by atoms with van der Waals surface area (Å²) >= 11 is 0. The number of nitriles is 3. The summed E-state index contributed by atoms with van der Waals surface area (Å²) < 4.78 is 137. The molecule has 25 heteroatoms. The Morgan fingerprint density at radius 1 is 0.492 bits per heavy atom. The van der Waals surface area contributed by atoms with Crippen molar-refractivity contribution in [3.8, 4) is 18.2 Å². The van der Waals surface area contributed by atoms with Crippen molar-refractivity contribution in [1.82, 2.24) is 43.4 Å². The zero-order valence-electron chi connectivity index (χ0n) is 71.1. The number of amides is 1. The molecule has 1 amide bonds. The number of carbonyl (C=O) groups excluding carboxylic acids is 4. The molecule has 0 spiro atoms. The van der Waals surface area contributed by atoms with E-state index in [1.165, 1.54) is 112 Å². The molecule has 6 aliphatic rings. The molecule has 3 saturated carbocycles. The number of fused-ring (bicyclic) bond motifs is 4. The van der Waals surface area contributed by atoms with Crippen molar-refractivity contribution in [2.45, 2.75) is 206 Å². The Labute approximate surface area is 707 Å². The van der Waals surface area contributed by atoms with Crippen molar-refractivity contribution in [3.05, 3.63) is 218 Å². The van der Waals surface area contributed by atoms with Crippen LogP contribution in [-0.4, -0.2) is 106 Å². The smallest absolute Gasteiger partial charge is 0.375 e. The van der Waals surface area contributed by atoms with Gasteiger partial charge in [0.2, 0.25) is 5.91 Å². The number of halogens is 9. The summed E-state index contributed by atoms with van der Waals surface area (Å²) in [5.41, 5.74) is 4.29. The summed E-state index contributed by atoms with van der Waals surface area (Å²) in [6.07, 6.45) is 9.78. The first-order chi connectivity index (χ1) is 57.7. The van der Waals surface area contributed by atoms with E-state index in [1.807, 2.05) is 23.1 Å². The molecule has 3 aliphatic carbocycles. The highest BCUT2D eigenvalue weighted by Crippen LogP contribution is 2.64. The number of likely N-dealkylation sites (tertiary alicyclic amines) is 3. The Hall–Kier alpha value is -10.9. The lowest BCUT2D eigenvalue weighted by Crippen LogP contribution is -2.39. The van der Waals surface area contributed by atoms with Gasteiger partial charge < -0.3 is 28.4 Å². The molecule has 6 fully saturated rings. The fourth-order valence-corrected chi connectivity index (χ4v) is 20.0. The number of hydrogen-bond acceptors (Lipinski definition) is 12. The molecule has 3 aliphatic heterocycles. The van der Waals surface area contributed by atoms with Crippen molar-refractivity contribution in [2.24, 2.45) is 55.1 Å². The van der Waals surface area contributed by atoms with Crippen LogP contribution >= 0.6 is 0 Å².